The number of halogens is 1. The van der Waals surface area contributed by atoms with Crippen LogP contribution in [0.3, 0.4) is 0 Å². The molecule has 0 amide bonds. The molecule has 144 valence electrons. The van der Waals surface area contributed by atoms with Gasteiger partial charge in [0.25, 0.3) is 0 Å². The molecule has 8 nitrogen and oxygen atoms in total. The predicted molar refractivity (Wildman–Crippen MR) is 102 cm³/mol. The van der Waals surface area contributed by atoms with Gasteiger partial charge in [0.05, 0.1) is 32.9 Å². The maximum Gasteiger partial charge on any atom is 0.306 e. The molecule has 0 radical (unpaired) electrons. The number of pyridine rings is 1. The van der Waals surface area contributed by atoms with Crippen LogP contribution in [0.5, 0.6) is 5.75 Å². The van der Waals surface area contributed by atoms with Gasteiger partial charge >= 0.3 is 5.97 Å². The maximum atomic E-state index is 11.8. The molecule has 27 heavy (non-hydrogen) atoms. The fourth-order valence-corrected chi connectivity index (χ4v) is 3.81. The highest BCUT2D eigenvalue weighted by Gasteiger charge is 2.35. The fourth-order valence-electron chi connectivity index (χ4n) is 3.48. The summed E-state index contributed by atoms with van der Waals surface area (Å²) in [6.07, 6.45) is 1.97. The first-order chi connectivity index (χ1) is 12.8. The number of carbonyl (C=O) groups excluding carboxylic acids is 1. The van der Waals surface area contributed by atoms with E-state index in [1.807, 2.05) is 18.7 Å². The third-order valence-corrected chi connectivity index (χ3v) is 5.06. The SMILES string of the molecule is COC(=O)C[C@@H]1CN(Cc2ncc(C)c(OC)c2C)c2nc(N)nc(Cl)c21. The molecule has 2 aromatic rings. The summed E-state index contributed by atoms with van der Waals surface area (Å²) in [7, 11) is 3.01. The molecular formula is C18H22ClN5O3. The second kappa shape index (κ2) is 7.56. The van der Waals surface area contributed by atoms with Crippen molar-refractivity contribution in [3.05, 3.63) is 33.7 Å². The van der Waals surface area contributed by atoms with E-state index in [0.717, 1.165) is 22.6 Å². The lowest BCUT2D eigenvalue weighted by atomic mass is 10.0. The van der Waals surface area contributed by atoms with Crippen LogP contribution in [0.25, 0.3) is 0 Å². The Bertz CT molecular complexity index is 890. The van der Waals surface area contributed by atoms with Crippen LogP contribution in [0.15, 0.2) is 6.20 Å². The minimum Gasteiger partial charge on any atom is -0.496 e. The normalized spacial score (nSPS) is 15.6. The van der Waals surface area contributed by atoms with E-state index >= 15 is 0 Å². The summed E-state index contributed by atoms with van der Waals surface area (Å²) in [6.45, 7) is 4.95. The Balaban J connectivity index is 1.97. The largest absolute Gasteiger partial charge is 0.496 e. The van der Waals surface area contributed by atoms with Crippen LogP contribution in [-0.2, 0) is 16.1 Å². The highest BCUT2D eigenvalue weighted by molar-refractivity contribution is 6.30. The maximum absolute atomic E-state index is 11.8. The first kappa shape index (κ1) is 19.2. The number of rotatable bonds is 5. The van der Waals surface area contributed by atoms with Crippen molar-refractivity contribution in [1.82, 2.24) is 15.0 Å². The van der Waals surface area contributed by atoms with Gasteiger partial charge in [-0.1, -0.05) is 11.6 Å². The second-order valence-electron chi connectivity index (χ2n) is 6.51. The van der Waals surface area contributed by atoms with Gasteiger partial charge in [-0.15, -0.1) is 0 Å². The molecule has 0 bridgehead atoms. The highest BCUT2D eigenvalue weighted by atomic mass is 35.5. The Morgan fingerprint density at radius 1 is 1.37 bits per heavy atom. The van der Waals surface area contributed by atoms with E-state index in [2.05, 4.69) is 15.0 Å². The van der Waals surface area contributed by atoms with Crippen molar-refractivity contribution in [2.75, 3.05) is 31.4 Å². The van der Waals surface area contributed by atoms with Crippen LogP contribution in [0.4, 0.5) is 11.8 Å². The van der Waals surface area contributed by atoms with Crippen molar-refractivity contribution < 1.29 is 14.3 Å². The number of methoxy groups -OCH3 is 2. The number of hydrogen-bond acceptors (Lipinski definition) is 8. The lowest BCUT2D eigenvalue weighted by Gasteiger charge is -2.21. The van der Waals surface area contributed by atoms with Crippen LogP contribution < -0.4 is 15.4 Å². The van der Waals surface area contributed by atoms with Crippen LogP contribution >= 0.6 is 11.6 Å². The first-order valence-corrected chi connectivity index (χ1v) is 8.87. The second-order valence-corrected chi connectivity index (χ2v) is 6.87. The molecule has 0 fully saturated rings. The van der Waals surface area contributed by atoms with Gasteiger partial charge in [-0.25, -0.2) is 4.98 Å². The number of nitrogen functional groups attached to an aromatic ring is 1. The van der Waals surface area contributed by atoms with Crippen LogP contribution in [0.1, 0.15) is 34.7 Å². The lowest BCUT2D eigenvalue weighted by Crippen LogP contribution is -2.24. The third-order valence-electron chi connectivity index (χ3n) is 4.78. The molecule has 0 spiro atoms. The molecule has 3 heterocycles. The van der Waals surface area contributed by atoms with E-state index in [-0.39, 0.29) is 29.4 Å². The molecule has 1 aliphatic heterocycles. The van der Waals surface area contributed by atoms with E-state index in [1.54, 1.807) is 13.3 Å². The fraction of sp³-hybridized carbons (Fsp3) is 0.444. The summed E-state index contributed by atoms with van der Waals surface area (Å²) in [5.41, 5.74) is 9.30. The monoisotopic (exact) mass is 391 g/mol. The average Bonchev–Trinajstić information content (AvgIpc) is 2.95. The van der Waals surface area contributed by atoms with Gasteiger partial charge in [-0.05, 0) is 13.8 Å². The standard InChI is InChI=1S/C18H22ClN5O3/c1-9-6-21-12(10(2)15(9)27-4)8-24-7-11(5-13(25)26-3)14-16(19)22-18(20)23-17(14)24/h6,11H,5,7-8H2,1-4H3,(H2,20,22,23)/t11-/m1/s1. The molecule has 3 rings (SSSR count). The Morgan fingerprint density at radius 2 is 2.11 bits per heavy atom. The van der Waals surface area contributed by atoms with Crippen molar-refractivity contribution in [1.29, 1.82) is 0 Å². The molecule has 0 aliphatic carbocycles. The molecule has 2 aromatic heterocycles. The molecule has 0 aromatic carbocycles. The van der Waals surface area contributed by atoms with E-state index in [0.29, 0.717) is 24.5 Å². The van der Waals surface area contributed by atoms with E-state index in [1.165, 1.54) is 7.11 Å². The summed E-state index contributed by atoms with van der Waals surface area (Å²) >= 11 is 6.32. The van der Waals surface area contributed by atoms with Crippen molar-refractivity contribution >= 4 is 29.3 Å². The molecule has 0 saturated carbocycles. The van der Waals surface area contributed by atoms with Gasteiger partial charge in [0.2, 0.25) is 5.95 Å². The number of hydrogen-bond donors (Lipinski definition) is 1. The third kappa shape index (κ3) is 3.62. The quantitative estimate of drug-likeness (QED) is 0.612. The van der Waals surface area contributed by atoms with Gasteiger partial charge in [-0.3, -0.25) is 9.78 Å². The minimum atomic E-state index is -0.313. The van der Waals surface area contributed by atoms with E-state index in [9.17, 15) is 4.79 Å². The van der Waals surface area contributed by atoms with Gasteiger partial charge in [0.15, 0.2) is 0 Å². The summed E-state index contributed by atoms with van der Waals surface area (Å²) in [5, 5.41) is 0.264. The molecule has 1 atom stereocenters. The molecule has 0 saturated heterocycles. The first-order valence-electron chi connectivity index (χ1n) is 8.49. The number of anilines is 2. The molecule has 2 N–H and O–H groups in total. The van der Waals surface area contributed by atoms with Crippen LogP contribution in [-0.4, -0.2) is 41.7 Å². The molecule has 0 unspecified atom stereocenters. The number of nitrogens with zero attached hydrogens (tertiary/aromatic N) is 4. The zero-order valence-corrected chi connectivity index (χ0v) is 16.5. The van der Waals surface area contributed by atoms with Crippen LogP contribution in [0.2, 0.25) is 5.15 Å². The van der Waals surface area contributed by atoms with E-state index < -0.39 is 0 Å². The number of aryl methyl sites for hydroxylation is 1. The smallest absolute Gasteiger partial charge is 0.306 e. The van der Waals surface area contributed by atoms with Crippen molar-refractivity contribution in [2.45, 2.75) is 32.7 Å². The summed E-state index contributed by atoms with van der Waals surface area (Å²) in [4.78, 5) is 26.8. The minimum absolute atomic E-state index is 0.0913. The number of nitrogens with two attached hydrogens (primary N) is 1. The number of ether oxygens (including phenoxy) is 2. The zero-order chi connectivity index (χ0) is 19.7. The Hall–Kier alpha value is -2.61. The Kier molecular flexibility index (Phi) is 5.36. The van der Waals surface area contributed by atoms with Crippen molar-refractivity contribution in [3.63, 3.8) is 0 Å². The highest BCUT2D eigenvalue weighted by Crippen LogP contribution is 2.42. The summed E-state index contributed by atoms with van der Waals surface area (Å²) < 4.78 is 10.3. The van der Waals surface area contributed by atoms with Gasteiger partial charge in [-0.2, -0.15) is 4.98 Å². The number of carbonyl (C=O) groups is 1. The summed E-state index contributed by atoms with van der Waals surface area (Å²) in [5.74, 6) is 1.04. The number of aromatic nitrogens is 3. The predicted octanol–water partition coefficient (Wildman–Crippen LogP) is 2.40. The van der Waals surface area contributed by atoms with E-state index in [4.69, 9.17) is 26.8 Å². The summed E-state index contributed by atoms with van der Waals surface area (Å²) in [6, 6.07) is 0. The number of fused-ring (bicyclic) bond motifs is 1. The van der Waals surface area contributed by atoms with Gasteiger partial charge in [0, 0.05) is 35.3 Å². The Labute approximate surface area is 162 Å². The topological polar surface area (TPSA) is 103 Å². The lowest BCUT2D eigenvalue weighted by molar-refractivity contribution is -0.141. The molecular weight excluding hydrogens is 370 g/mol. The number of esters is 1. The van der Waals surface area contributed by atoms with Crippen molar-refractivity contribution in [2.24, 2.45) is 0 Å². The van der Waals surface area contributed by atoms with Gasteiger partial charge in [0.1, 0.15) is 16.7 Å². The van der Waals surface area contributed by atoms with Crippen molar-refractivity contribution in [3.8, 4) is 5.75 Å². The molecule has 1 aliphatic rings. The Morgan fingerprint density at radius 3 is 2.78 bits per heavy atom. The zero-order valence-electron chi connectivity index (χ0n) is 15.7. The van der Waals surface area contributed by atoms with Crippen LogP contribution in [0, 0.1) is 13.8 Å². The average molecular weight is 392 g/mol. The molecule has 9 heteroatoms. The van der Waals surface area contributed by atoms with Gasteiger partial charge < -0.3 is 20.1 Å².